The van der Waals surface area contributed by atoms with Crippen molar-refractivity contribution >= 4 is 11.6 Å². The number of aryl methyl sites for hydroxylation is 2. The van der Waals surface area contributed by atoms with E-state index in [1.54, 1.807) is 11.2 Å². The summed E-state index contributed by atoms with van der Waals surface area (Å²) < 4.78 is 0. The maximum absolute atomic E-state index is 12.1. The van der Waals surface area contributed by atoms with Gasteiger partial charge in [0.05, 0.1) is 17.6 Å². The summed E-state index contributed by atoms with van der Waals surface area (Å²) in [6.07, 6.45) is 3.06. The van der Waals surface area contributed by atoms with Gasteiger partial charge in [-0.3, -0.25) is 20.2 Å². The highest BCUT2D eigenvalue weighted by atomic mass is 16.2. The molecule has 0 fully saturated rings. The molecule has 0 spiro atoms. The molecule has 1 amide bonds. The van der Waals surface area contributed by atoms with Crippen LogP contribution in [-0.4, -0.2) is 22.4 Å². The van der Waals surface area contributed by atoms with Gasteiger partial charge in [0.2, 0.25) is 0 Å². The SMILES string of the molecule is CCN(NC(=O)c1cnc(C)cn1)c1ccc(C)cc1. The summed E-state index contributed by atoms with van der Waals surface area (Å²) in [6.45, 7) is 6.49. The molecule has 20 heavy (non-hydrogen) atoms. The van der Waals surface area contributed by atoms with Crippen LogP contribution in [0.25, 0.3) is 0 Å². The highest BCUT2D eigenvalue weighted by Crippen LogP contribution is 2.13. The third-order valence-corrected chi connectivity index (χ3v) is 2.91. The van der Waals surface area contributed by atoms with Crippen LogP contribution in [-0.2, 0) is 0 Å². The second-order valence-corrected chi connectivity index (χ2v) is 4.56. The molecule has 1 aromatic carbocycles. The number of carbonyl (C=O) groups excluding carboxylic acids is 1. The number of nitrogens with one attached hydrogen (secondary N) is 1. The summed E-state index contributed by atoms with van der Waals surface area (Å²) >= 11 is 0. The van der Waals surface area contributed by atoms with Gasteiger partial charge in [-0.25, -0.2) is 4.98 Å². The van der Waals surface area contributed by atoms with Crippen molar-refractivity contribution in [2.24, 2.45) is 0 Å². The van der Waals surface area contributed by atoms with Crippen molar-refractivity contribution in [1.82, 2.24) is 15.4 Å². The standard InChI is InChI=1S/C15H18N4O/c1-4-19(13-7-5-11(2)6-8-13)18-15(20)14-10-16-12(3)9-17-14/h5-10H,4H2,1-3H3,(H,18,20). The Morgan fingerprint density at radius 1 is 1.15 bits per heavy atom. The van der Waals surface area contributed by atoms with Crippen LogP contribution in [0.5, 0.6) is 0 Å². The molecule has 1 aromatic heterocycles. The zero-order valence-corrected chi connectivity index (χ0v) is 11.9. The van der Waals surface area contributed by atoms with Gasteiger partial charge in [0.15, 0.2) is 0 Å². The van der Waals surface area contributed by atoms with Gasteiger partial charge in [-0.15, -0.1) is 0 Å². The van der Waals surface area contributed by atoms with Crippen LogP contribution >= 0.6 is 0 Å². The molecule has 0 aliphatic heterocycles. The fourth-order valence-corrected chi connectivity index (χ4v) is 1.74. The number of hydrazine groups is 1. The Balaban J connectivity index is 2.11. The summed E-state index contributed by atoms with van der Waals surface area (Å²) in [6, 6.07) is 7.96. The smallest absolute Gasteiger partial charge is 0.286 e. The first-order chi connectivity index (χ1) is 9.60. The minimum Gasteiger partial charge on any atom is -0.286 e. The second kappa shape index (κ2) is 6.14. The zero-order chi connectivity index (χ0) is 14.5. The number of aromatic nitrogens is 2. The van der Waals surface area contributed by atoms with Gasteiger partial charge < -0.3 is 0 Å². The quantitative estimate of drug-likeness (QED) is 0.866. The molecule has 0 radical (unpaired) electrons. The highest BCUT2D eigenvalue weighted by molar-refractivity contribution is 5.92. The molecular formula is C15H18N4O. The fraction of sp³-hybridized carbons (Fsp3) is 0.267. The number of nitrogens with zero attached hydrogens (tertiary/aromatic N) is 3. The first-order valence-electron chi connectivity index (χ1n) is 6.54. The van der Waals surface area contributed by atoms with E-state index >= 15 is 0 Å². The van der Waals surface area contributed by atoms with Crippen molar-refractivity contribution in [1.29, 1.82) is 0 Å². The normalized spacial score (nSPS) is 10.2. The molecular weight excluding hydrogens is 252 g/mol. The van der Waals surface area contributed by atoms with Crippen LogP contribution in [0, 0.1) is 13.8 Å². The van der Waals surface area contributed by atoms with E-state index in [2.05, 4.69) is 15.4 Å². The molecule has 2 aromatic rings. The van der Waals surface area contributed by atoms with Gasteiger partial charge in [0.25, 0.3) is 5.91 Å². The van der Waals surface area contributed by atoms with E-state index in [4.69, 9.17) is 0 Å². The summed E-state index contributed by atoms with van der Waals surface area (Å²) in [4.78, 5) is 20.3. The Hall–Kier alpha value is -2.43. The van der Waals surface area contributed by atoms with Crippen LogP contribution in [0.3, 0.4) is 0 Å². The molecule has 0 bridgehead atoms. The molecule has 0 unspecified atom stereocenters. The Morgan fingerprint density at radius 2 is 1.85 bits per heavy atom. The largest absolute Gasteiger partial charge is 0.289 e. The first kappa shape index (κ1) is 14.0. The van der Waals surface area contributed by atoms with E-state index in [0.29, 0.717) is 12.2 Å². The molecule has 1 N–H and O–H groups in total. The van der Waals surface area contributed by atoms with Gasteiger partial charge in [-0.05, 0) is 32.9 Å². The predicted molar refractivity (Wildman–Crippen MR) is 78.4 cm³/mol. The van der Waals surface area contributed by atoms with Gasteiger partial charge in [0.1, 0.15) is 5.69 Å². The minimum atomic E-state index is -0.264. The lowest BCUT2D eigenvalue weighted by Gasteiger charge is -2.23. The molecule has 0 aliphatic rings. The molecule has 5 heteroatoms. The Labute approximate surface area is 118 Å². The van der Waals surface area contributed by atoms with Gasteiger partial charge in [0, 0.05) is 12.7 Å². The lowest BCUT2D eigenvalue weighted by atomic mass is 10.2. The average molecular weight is 270 g/mol. The number of amides is 1. The third kappa shape index (κ3) is 3.32. The predicted octanol–water partition coefficient (Wildman–Crippen LogP) is 2.26. The Bertz CT molecular complexity index is 578. The summed E-state index contributed by atoms with van der Waals surface area (Å²) in [5.74, 6) is -0.264. The van der Waals surface area contributed by atoms with E-state index in [1.165, 1.54) is 11.8 Å². The van der Waals surface area contributed by atoms with Crippen LogP contribution in [0.1, 0.15) is 28.7 Å². The zero-order valence-electron chi connectivity index (χ0n) is 11.9. The topological polar surface area (TPSA) is 58.1 Å². The van der Waals surface area contributed by atoms with Crippen molar-refractivity contribution in [3.63, 3.8) is 0 Å². The third-order valence-electron chi connectivity index (χ3n) is 2.91. The molecule has 1 heterocycles. The number of anilines is 1. The molecule has 0 saturated heterocycles. The second-order valence-electron chi connectivity index (χ2n) is 4.56. The first-order valence-corrected chi connectivity index (χ1v) is 6.54. The van der Waals surface area contributed by atoms with Gasteiger partial charge in [-0.1, -0.05) is 17.7 Å². The summed E-state index contributed by atoms with van der Waals surface area (Å²) in [7, 11) is 0. The van der Waals surface area contributed by atoms with Crippen LogP contribution in [0.4, 0.5) is 5.69 Å². The minimum absolute atomic E-state index is 0.264. The van der Waals surface area contributed by atoms with E-state index in [-0.39, 0.29) is 5.91 Å². The lowest BCUT2D eigenvalue weighted by molar-refractivity contribution is 0.0944. The van der Waals surface area contributed by atoms with E-state index < -0.39 is 0 Å². The highest BCUT2D eigenvalue weighted by Gasteiger charge is 2.12. The maximum Gasteiger partial charge on any atom is 0.289 e. The molecule has 0 aliphatic carbocycles. The average Bonchev–Trinajstić information content (AvgIpc) is 2.46. The monoisotopic (exact) mass is 270 g/mol. The van der Waals surface area contributed by atoms with Crippen molar-refractivity contribution in [2.45, 2.75) is 20.8 Å². The molecule has 0 saturated carbocycles. The fourth-order valence-electron chi connectivity index (χ4n) is 1.74. The Morgan fingerprint density at radius 3 is 2.40 bits per heavy atom. The van der Waals surface area contributed by atoms with Crippen LogP contribution < -0.4 is 10.4 Å². The van der Waals surface area contributed by atoms with E-state index in [9.17, 15) is 4.79 Å². The molecule has 2 rings (SSSR count). The summed E-state index contributed by atoms with van der Waals surface area (Å²) in [5.41, 5.74) is 6.04. The summed E-state index contributed by atoms with van der Waals surface area (Å²) in [5, 5.41) is 1.78. The maximum atomic E-state index is 12.1. The van der Waals surface area contributed by atoms with Crippen molar-refractivity contribution in [2.75, 3.05) is 11.6 Å². The molecule has 104 valence electrons. The molecule has 5 nitrogen and oxygen atoms in total. The van der Waals surface area contributed by atoms with E-state index in [1.807, 2.05) is 45.0 Å². The molecule has 0 atom stereocenters. The number of carbonyl (C=O) groups is 1. The van der Waals surface area contributed by atoms with Gasteiger partial charge >= 0.3 is 0 Å². The Kier molecular flexibility index (Phi) is 4.30. The van der Waals surface area contributed by atoms with Crippen LogP contribution in [0.15, 0.2) is 36.7 Å². The number of rotatable bonds is 4. The number of hydrogen-bond acceptors (Lipinski definition) is 4. The van der Waals surface area contributed by atoms with Crippen molar-refractivity contribution in [3.05, 3.63) is 53.6 Å². The van der Waals surface area contributed by atoms with Crippen molar-refractivity contribution < 1.29 is 4.79 Å². The number of benzene rings is 1. The van der Waals surface area contributed by atoms with E-state index in [0.717, 1.165) is 11.4 Å². The van der Waals surface area contributed by atoms with Crippen molar-refractivity contribution in [3.8, 4) is 0 Å². The van der Waals surface area contributed by atoms with Gasteiger partial charge in [-0.2, -0.15) is 0 Å². The number of hydrogen-bond donors (Lipinski definition) is 1. The lowest BCUT2D eigenvalue weighted by Crippen LogP contribution is -2.42. The van der Waals surface area contributed by atoms with Crippen LogP contribution in [0.2, 0.25) is 0 Å².